The fourth-order valence-corrected chi connectivity index (χ4v) is 3.49. The maximum absolute atomic E-state index is 5.96. The van der Waals surface area contributed by atoms with Crippen LogP contribution in [0.2, 0.25) is 5.02 Å². The summed E-state index contributed by atoms with van der Waals surface area (Å²) in [5.74, 6) is 1.55. The number of nitrogens with one attached hydrogen (secondary N) is 1. The van der Waals surface area contributed by atoms with Crippen molar-refractivity contribution in [3.8, 4) is 5.82 Å². The maximum atomic E-state index is 5.96. The van der Waals surface area contributed by atoms with Gasteiger partial charge in [0.05, 0.1) is 5.69 Å². The fraction of sp³-hybridized carbons (Fsp3) is 0.350. The van der Waals surface area contributed by atoms with Gasteiger partial charge < -0.3 is 5.32 Å². The Labute approximate surface area is 164 Å². The first kappa shape index (κ1) is 17.9. The first-order valence-electron chi connectivity index (χ1n) is 9.25. The van der Waals surface area contributed by atoms with E-state index < -0.39 is 0 Å². The minimum Gasteiger partial charge on any atom is -0.366 e. The van der Waals surface area contributed by atoms with Crippen LogP contribution in [0.1, 0.15) is 24.1 Å². The molecule has 0 atom stereocenters. The van der Waals surface area contributed by atoms with E-state index in [1.807, 2.05) is 43.5 Å². The Morgan fingerprint density at radius 3 is 2.44 bits per heavy atom. The molecule has 6 nitrogen and oxygen atoms in total. The Kier molecular flexibility index (Phi) is 5.36. The molecule has 1 aromatic carbocycles. The quantitative estimate of drug-likeness (QED) is 0.729. The van der Waals surface area contributed by atoms with Crippen molar-refractivity contribution < 1.29 is 0 Å². The second-order valence-corrected chi connectivity index (χ2v) is 7.44. The van der Waals surface area contributed by atoms with E-state index in [0.29, 0.717) is 6.04 Å². The summed E-state index contributed by atoms with van der Waals surface area (Å²) in [5, 5.41) is 17.2. The van der Waals surface area contributed by atoms with Gasteiger partial charge in [-0.15, -0.1) is 10.2 Å². The number of piperidine rings is 1. The number of aromatic nitrogens is 4. The topological polar surface area (TPSA) is 58.9 Å². The van der Waals surface area contributed by atoms with Gasteiger partial charge in [-0.3, -0.25) is 4.90 Å². The third-order valence-corrected chi connectivity index (χ3v) is 5.12. The molecular weight excluding hydrogens is 360 g/mol. The molecule has 3 heterocycles. The molecule has 0 radical (unpaired) electrons. The summed E-state index contributed by atoms with van der Waals surface area (Å²) in [6.07, 6.45) is 4.08. The molecular formula is C20H23ClN6. The highest BCUT2D eigenvalue weighted by Crippen LogP contribution is 2.18. The first-order chi connectivity index (χ1) is 13.2. The zero-order valence-electron chi connectivity index (χ0n) is 15.3. The summed E-state index contributed by atoms with van der Waals surface area (Å²) < 4.78 is 1.74. The predicted molar refractivity (Wildman–Crippen MR) is 107 cm³/mol. The van der Waals surface area contributed by atoms with Gasteiger partial charge in [0, 0.05) is 36.9 Å². The Bertz CT molecular complexity index is 866. The molecule has 140 valence electrons. The lowest BCUT2D eigenvalue weighted by molar-refractivity contribution is 0.211. The standard InChI is InChI=1S/C20H23ClN6/c1-15-8-13-27(25-15)20-7-6-19(23-24-20)22-18-9-11-26(12-10-18)14-16-2-4-17(21)5-3-16/h2-8,13,18H,9-12,14H2,1H3,(H,22,23). The van der Waals surface area contributed by atoms with Crippen molar-refractivity contribution in [3.05, 3.63) is 64.9 Å². The summed E-state index contributed by atoms with van der Waals surface area (Å²) in [6, 6.07) is 14.4. The van der Waals surface area contributed by atoms with Crippen molar-refractivity contribution in [2.24, 2.45) is 0 Å². The maximum Gasteiger partial charge on any atom is 0.175 e. The Hall–Kier alpha value is -2.44. The van der Waals surface area contributed by atoms with Gasteiger partial charge in [-0.2, -0.15) is 5.10 Å². The van der Waals surface area contributed by atoms with Crippen molar-refractivity contribution in [1.29, 1.82) is 0 Å². The van der Waals surface area contributed by atoms with Crippen LogP contribution < -0.4 is 5.32 Å². The lowest BCUT2D eigenvalue weighted by Gasteiger charge is -2.32. The monoisotopic (exact) mass is 382 g/mol. The smallest absolute Gasteiger partial charge is 0.175 e. The van der Waals surface area contributed by atoms with E-state index in [1.165, 1.54) is 5.56 Å². The van der Waals surface area contributed by atoms with E-state index in [9.17, 15) is 0 Å². The third-order valence-electron chi connectivity index (χ3n) is 4.87. The number of anilines is 1. The molecule has 0 bridgehead atoms. The number of hydrogen-bond acceptors (Lipinski definition) is 5. The molecule has 1 aliphatic rings. The highest BCUT2D eigenvalue weighted by molar-refractivity contribution is 6.30. The van der Waals surface area contributed by atoms with E-state index in [-0.39, 0.29) is 0 Å². The van der Waals surface area contributed by atoms with Crippen LogP contribution in [0, 0.1) is 6.92 Å². The van der Waals surface area contributed by atoms with Gasteiger partial charge in [0.15, 0.2) is 5.82 Å². The lowest BCUT2D eigenvalue weighted by atomic mass is 10.0. The van der Waals surface area contributed by atoms with Crippen molar-refractivity contribution in [2.45, 2.75) is 32.4 Å². The normalized spacial score (nSPS) is 15.8. The molecule has 0 unspecified atom stereocenters. The summed E-state index contributed by atoms with van der Waals surface area (Å²) in [7, 11) is 0. The number of halogens is 1. The van der Waals surface area contributed by atoms with E-state index in [2.05, 4.69) is 37.6 Å². The minimum atomic E-state index is 0.429. The zero-order chi connectivity index (χ0) is 18.6. The van der Waals surface area contributed by atoms with E-state index in [1.54, 1.807) is 4.68 Å². The summed E-state index contributed by atoms with van der Waals surface area (Å²) in [5.41, 5.74) is 2.27. The molecule has 2 aromatic heterocycles. The van der Waals surface area contributed by atoms with Crippen LogP contribution in [0.3, 0.4) is 0 Å². The molecule has 7 heteroatoms. The highest BCUT2D eigenvalue weighted by atomic mass is 35.5. The van der Waals surface area contributed by atoms with Gasteiger partial charge in [-0.1, -0.05) is 23.7 Å². The van der Waals surface area contributed by atoms with Crippen LogP contribution in [0.15, 0.2) is 48.7 Å². The molecule has 0 amide bonds. The predicted octanol–water partition coefficient (Wildman–Crippen LogP) is 3.70. The van der Waals surface area contributed by atoms with Crippen LogP contribution >= 0.6 is 11.6 Å². The average molecular weight is 383 g/mol. The van der Waals surface area contributed by atoms with E-state index in [0.717, 1.165) is 54.8 Å². The molecule has 0 aliphatic carbocycles. The Morgan fingerprint density at radius 1 is 1.04 bits per heavy atom. The number of rotatable bonds is 5. The number of likely N-dealkylation sites (tertiary alicyclic amines) is 1. The van der Waals surface area contributed by atoms with Crippen molar-refractivity contribution >= 4 is 17.4 Å². The van der Waals surface area contributed by atoms with Gasteiger partial charge in [-0.25, -0.2) is 4.68 Å². The number of benzene rings is 1. The first-order valence-corrected chi connectivity index (χ1v) is 9.63. The molecule has 3 aromatic rings. The average Bonchev–Trinajstić information content (AvgIpc) is 3.12. The number of hydrogen-bond donors (Lipinski definition) is 1. The van der Waals surface area contributed by atoms with Crippen molar-refractivity contribution in [3.63, 3.8) is 0 Å². The second-order valence-electron chi connectivity index (χ2n) is 7.00. The van der Waals surface area contributed by atoms with E-state index in [4.69, 9.17) is 11.6 Å². The number of nitrogens with zero attached hydrogens (tertiary/aromatic N) is 5. The van der Waals surface area contributed by atoms with Gasteiger partial charge in [0.2, 0.25) is 0 Å². The molecule has 1 saturated heterocycles. The van der Waals surface area contributed by atoms with Crippen LogP contribution in [0.5, 0.6) is 0 Å². The number of aryl methyl sites for hydroxylation is 1. The summed E-state index contributed by atoms with van der Waals surface area (Å²) >= 11 is 5.96. The van der Waals surface area contributed by atoms with Gasteiger partial charge >= 0.3 is 0 Å². The molecule has 4 rings (SSSR count). The van der Waals surface area contributed by atoms with Crippen LogP contribution in [0.4, 0.5) is 5.82 Å². The second kappa shape index (κ2) is 8.06. The molecule has 1 aliphatic heterocycles. The third kappa shape index (κ3) is 4.64. The molecule has 0 saturated carbocycles. The van der Waals surface area contributed by atoms with Crippen molar-refractivity contribution in [1.82, 2.24) is 24.9 Å². The van der Waals surface area contributed by atoms with Crippen LogP contribution in [0.25, 0.3) is 5.82 Å². The SMILES string of the molecule is Cc1ccn(-c2ccc(NC3CCN(Cc4ccc(Cl)cc4)CC3)nn2)n1. The van der Waals surface area contributed by atoms with Gasteiger partial charge in [0.25, 0.3) is 0 Å². The zero-order valence-corrected chi connectivity index (χ0v) is 16.1. The fourth-order valence-electron chi connectivity index (χ4n) is 3.36. The van der Waals surface area contributed by atoms with Gasteiger partial charge in [-0.05, 0) is 55.7 Å². The lowest BCUT2D eigenvalue weighted by Crippen LogP contribution is -2.38. The summed E-state index contributed by atoms with van der Waals surface area (Å²) in [6.45, 7) is 5.07. The van der Waals surface area contributed by atoms with Crippen LogP contribution in [-0.4, -0.2) is 44.0 Å². The minimum absolute atomic E-state index is 0.429. The molecule has 27 heavy (non-hydrogen) atoms. The van der Waals surface area contributed by atoms with Gasteiger partial charge in [0.1, 0.15) is 5.82 Å². The molecule has 0 spiro atoms. The molecule has 1 N–H and O–H groups in total. The highest BCUT2D eigenvalue weighted by Gasteiger charge is 2.19. The van der Waals surface area contributed by atoms with Crippen LogP contribution in [-0.2, 0) is 6.54 Å². The summed E-state index contributed by atoms with van der Waals surface area (Å²) in [4.78, 5) is 2.48. The van der Waals surface area contributed by atoms with E-state index >= 15 is 0 Å². The Morgan fingerprint density at radius 2 is 1.81 bits per heavy atom. The Balaban J connectivity index is 1.28. The van der Waals surface area contributed by atoms with Crippen molar-refractivity contribution in [2.75, 3.05) is 18.4 Å². The largest absolute Gasteiger partial charge is 0.366 e. The molecule has 1 fully saturated rings.